The zero-order chi connectivity index (χ0) is 12.5. The van der Waals surface area contributed by atoms with Crippen LogP contribution >= 0.6 is 15.9 Å². The molecule has 1 atom stereocenters. The molecular weight excluding hydrogens is 293 g/mol. The lowest BCUT2D eigenvalue weighted by atomic mass is 10.1. The predicted octanol–water partition coefficient (Wildman–Crippen LogP) is 4.69. The van der Waals surface area contributed by atoms with E-state index in [1.165, 1.54) is 17.2 Å². The molecule has 0 heterocycles. The zero-order valence-electron chi connectivity index (χ0n) is 9.79. The van der Waals surface area contributed by atoms with Crippen molar-refractivity contribution in [1.82, 2.24) is 0 Å². The van der Waals surface area contributed by atoms with Gasteiger partial charge in [-0.2, -0.15) is 0 Å². The van der Waals surface area contributed by atoms with Gasteiger partial charge in [0.05, 0.1) is 11.7 Å². The van der Waals surface area contributed by atoms with E-state index in [0.717, 1.165) is 17.3 Å². The summed E-state index contributed by atoms with van der Waals surface area (Å²) in [7, 11) is 0. The fourth-order valence-corrected chi connectivity index (χ4v) is 2.86. The van der Waals surface area contributed by atoms with Gasteiger partial charge in [-0.15, -0.1) is 0 Å². The summed E-state index contributed by atoms with van der Waals surface area (Å²) < 4.78 is 14.6. The molecule has 0 amide bonds. The van der Waals surface area contributed by atoms with Crippen LogP contribution in [-0.4, -0.2) is 0 Å². The van der Waals surface area contributed by atoms with Crippen molar-refractivity contribution >= 4 is 21.6 Å². The van der Waals surface area contributed by atoms with Gasteiger partial charge in [-0.05, 0) is 42.2 Å². The van der Waals surface area contributed by atoms with Crippen molar-refractivity contribution in [3.8, 4) is 0 Å². The highest BCUT2D eigenvalue weighted by Gasteiger charge is 2.22. The van der Waals surface area contributed by atoms with Crippen molar-refractivity contribution in [2.24, 2.45) is 0 Å². The number of anilines is 1. The first-order valence-corrected chi connectivity index (χ1v) is 6.83. The molecule has 92 valence electrons. The van der Waals surface area contributed by atoms with Crippen LogP contribution in [-0.2, 0) is 6.42 Å². The van der Waals surface area contributed by atoms with Gasteiger partial charge in [0.25, 0.3) is 0 Å². The minimum atomic E-state index is -0.206. The number of halogens is 2. The highest BCUT2D eigenvalue weighted by Crippen LogP contribution is 2.34. The van der Waals surface area contributed by atoms with Gasteiger partial charge in [0.1, 0.15) is 5.82 Å². The van der Waals surface area contributed by atoms with Gasteiger partial charge in [0, 0.05) is 4.47 Å². The number of fused-ring (bicyclic) bond motifs is 1. The molecule has 1 aliphatic carbocycles. The average Bonchev–Trinajstić information content (AvgIpc) is 2.78. The second-order valence-electron chi connectivity index (χ2n) is 4.56. The Hall–Kier alpha value is -1.35. The second-order valence-corrected chi connectivity index (χ2v) is 5.47. The molecule has 18 heavy (non-hydrogen) atoms. The van der Waals surface area contributed by atoms with E-state index in [9.17, 15) is 4.39 Å². The lowest BCUT2D eigenvalue weighted by molar-refractivity contribution is 0.624. The van der Waals surface area contributed by atoms with Crippen LogP contribution in [0.15, 0.2) is 46.9 Å². The van der Waals surface area contributed by atoms with Gasteiger partial charge < -0.3 is 5.32 Å². The molecule has 1 N–H and O–H groups in total. The molecule has 1 nitrogen and oxygen atoms in total. The summed E-state index contributed by atoms with van der Waals surface area (Å²) in [6.45, 7) is 0. The molecule has 0 aromatic heterocycles. The Morgan fingerprint density at radius 3 is 2.89 bits per heavy atom. The van der Waals surface area contributed by atoms with Gasteiger partial charge in [-0.3, -0.25) is 0 Å². The van der Waals surface area contributed by atoms with E-state index in [2.05, 4.69) is 39.4 Å². The number of nitrogens with one attached hydrogen (secondary N) is 1. The van der Waals surface area contributed by atoms with Crippen molar-refractivity contribution < 1.29 is 4.39 Å². The molecule has 0 fully saturated rings. The first-order valence-electron chi connectivity index (χ1n) is 6.03. The minimum Gasteiger partial charge on any atom is -0.376 e. The Morgan fingerprint density at radius 2 is 2.00 bits per heavy atom. The van der Waals surface area contributed by atoms with Crippen molar-refractivity contribution in [3.05, 3.63) is 63.9 Å². The molecule has 3 rings (SSSR count). The molecule has 2 aromatic rings. The summed E-state index contributed by atoms with van der Waals surface area (Å²) in [4.78, 5) is 0. The Morgan fingerprint density at radius 1 is 1.17 bits per heavy atom. The molecule has 0 radical (unpaired) electrons. The largest absolute Gasteiger partial charge is 0.376 e. The Bertz CT molecular complexity index is 582. The first-order chi connectivity index (χ1) is 8.74. The van der Waals surface area contributed by atoms with E-state index in [1.54, 1.807) is 12.1 Å². The maximum atomic E-state index is 13.7. The van der Waals surface area contributed by atoms with Crippen molar-refractivity contribution in [1.29, 1.82) is 0 Å². The molecule has 1 aliphatic rings. The predicted molar refractivity (Wildman–Crippen MR) is 75.2 cm³/mol. The van der Waals surface area contributed by atoms with Crippen LogP contribution in [0.3, 0.4) is 0 Å². The van der Waals surface area contributed by atoms with Crippen LogP contribution in [0.1, 0.15) is 23.6 Å². The third kappa shape index (κ3) is 2.15. The Labute approximate surface area is 114 Å². The lowest BCUT2D eigenvalue weighted by Gasteiger charge is -2.16. The van der Waals surface area contributed by atoms with Gasteiger partial charge in [0.2, 0.25) is 0 Å². The van der Waals surface area contributed by atoms with Crippen LogP contribution in [0.2, 0.25) is 0 Å². The van der Waals surface area contributed by atoms with Crippen LogP contribution in [0, 0.1) is 5.82 Å². The van der Waals surface area contributed by atoms with Gasteiger partial charge in [0.15, 0.2) is 0 Å². The number of hydrogen-bond acceptors (Lipinski definition) is 1. The third-order valence-electron chi connectivity index (χ3n) is 3.39. The van der Waals surface area contributed by atoms with E-state index >= 15 is 0 Å². The summed E-state index contributed by atoms with van der Waals surface area (Å²) in [5.74, 6) is -0.206. The standard InChI is InChI=1S/C15H13BrFN/c16-11-6-7-13(17)15(9-11)18-14-8-5-10-3-1-2-4-12(10)14/h1-4,6-7,9,14,18H,5,8H2. The summed E-state index contributed by atoms with van der Waals surface area (Å²) in [6.07, 6.45) is 2.08. The summed E-state index contributed by atoms with van der Waals surface area (Å²) in [5.41, 5.74) is 3.22. The topological polar surface area (TPSA) is 12.0 Å². The lowest BCUT2D eigenvalue weighted by Crippen LogP contribution is -2.08. The van der Waals surface area contributed by atoms with Gasteiger partial charge in [-0.25, -0.2) is 4.39 Å². The van der Waals surface area contributed by atoms with E-state index in [-0.39, 0.29) is 11.9 Å². The fraction of sp³-hybridized carbons (Fsp3) is 0.200. The second kappa shape index (κ2) is 4.73. The third-order valence-corrected chi connectivity index (χ3v) is 3.88. The highest BCUT2D eigenvalue weighted by molar-refractivity contribution is 9.10. The molecule has 2 aromatic carbocycles. The van der Waals surface area contributed by atoms with Crippen molar-refractivity contribution in [2.75, 3.05) is 5.32 Å². The van der Waals surface area contributed by atoms with E-state index in [0.29, 0.717) is 5.69 Å². The first kappa shape index (κ1) is 11.7. The normalized spacial score (nSPS) is 17.6. The smallest absolute Gasteiger partial charge is 0.146 e. The molecule has 3 heteroatoms. The van der Waals surface area contributed by atoms with Crippen LogP contribution < -0.4 is 5.32 Å². The molecule has 0 saturated heterocycles. The summed E-state index contributed by atoms with van der Waals surface area (Å²) in [6, 6.07) is 13.6. The van der Waals surface area contributed by atoms with Gasteiger partial charge in [-0.1, -0.05) is 40.2 Å². The number of hydrogen-bond donors (Lipinski definition) is 1. The number of benzene rings is 2. The zero-order valence-corrected chi connectivity index (χ0v) is 11.4. The SMILES string of the molecule is Fc1ccc(Br)cc1NC1CCc2ccccc21. The summed E-state index contributed by atoms with van der Waals surface area (Å²) in [5, 5.41) is 3.30. The van der Waals surface area contributed by atoms with Crippen LogP contribution in [0.5, 0.6) is 0 Å². The van der Waals surface area contributed by atoms with Crippen molar-refractivity contribution in [3.63, 3.8) is 0 Å². The van der Waals surface area contributed by atoms with Crippen molar-refractivity contribution in [2.45, 2.75) is 18.9 Å². The molecular formula is C15H13BrFN. The maximum Gasteiger partial charge on any atom is 0.146 e. The highest BCUT2D eigenvalue weighted by atomic mass is 79.9. The minimum absolute atomic E-state index is 0.206. The molecule has 0 aliphatic heterocycles. The molecule has 0 saturated carbocycles. The van der Waals surface area contributed by atoms with Crippen LogP contribution in [0.4, 0.5) is 10.1 Å². The number of rotatable bonds is 2. The maximum absolute atomic E-state index is 13.7. The Balaban J connectivity index is 1.88. The van der Waals surface area contributed by atoms with E-state index in [4.69, 9.17) is 0 Å². The van der Waals surface area contributed by atoms with Crippen LogP contribution in [0.25, 0.3) is 0 Å². The van der Waals surface area contributed by atoms with E-state index in [1.807, 2.05) is 6.07 Å². The average molecular weight is 306 g/mol. The Kier molecular flexibility index (Phi) is 3.08. The monoisotopic (exact) mass is 305 g/mol. The quantitative estimate of drug-likeness (QED) is 0.849. The molecule has 0 spiro atoms. The van der Waals surface area contributed by atoms with E-state index < -0.39 is 0 Å². The van der Waals surface area contributed by atoms with Gasteiger partial charge >= 0.3 is 0 Å². The fourth-order valence-electron chi connectivity index (χ4n) is 2.50. The summed E-state index contributed by atoms with van der Waals surface area (Å²) >= 11 is 3.37. The molecule has 0 bridgehead atoms. The molecule has 1 unspecified atom stereocenters. The number of aryl methyl sites for hydroxylation is 1.